The first-order valence-corrected chi connectivity index (χ1v) is 8.95. The molecule has 2 aromatic heterocycles. The van der Waals surface area contributed by atoms with Crippen LogP contribution in [-0.4, -0.2) is 36.5 Å². The number of amides is 1. The van der Waals surface area contributed by atoms with Crippen molar-refractivity contribution in [2.75, 3.05) is 5.32 Å². The number of carbonyl (C=O) groups excluding carboxylic acids is 1. The fourth-order valence-electron chi connectivity index (χ4n) is 2.79. The summed E-state index contributed by atoms with van der Waals surface area (Å²) in [6, 6.07) is 5.86. The van der Waals surface area contributed by atoms with E-state index in [2.05, 4.69) is 15.5 Å². The minimum atomic E-state index is -4.48. The number of anilines is 1. The number of ether oxygens (including phenoxy) is 1. The van der Waals surface area contributed by atoms with Crippen LogP contribution in [-0.2, 0) is 24.2 Å². The number of carbonyl (C=O) groups is 2. The lowest BCUT2D eigenvalue weighted by atomic mass is 10.2. The Morgan fingerprint density at radius 2 is 1.94 bits per heavy atom. The van der Waals surface area contributed by atoms with Gasteiger partial charge in [0.15, 0.2) is 12.4 Å². The van der Waals surface area contributed by atoms with Gasteiger partial charge in [0.25, 0.3) is 5.91 Å². The summed E-state index contributed by atoms with van der Waals surface area (Å²) in [4.78, 5) is 23.2. The van der Waals surface area contributed by atoms with E-state index in [1.807, 2.05) is 0 Å². The molecule has 0 atom stereocenters. The lowest BCUT2D eigenvalue weighted by molar-refractivity contribution is -0.138. The van der Waals surface area contributed by atoms with E-state index >= 15 is 0 Å². The summed E-state index contributed by atoms with van der Waals surface area (Å²) in [6.45, 7) is 2.76. The summed E-state index contributed by atoms with van der Waals surface area (Å²) >= 11 is 0. The second-order valence-corrected chi connectivity index (χ2v) is 6.59. The Balaban J connectivity index is 1.70. The topological polar surface area (TPSA) is 111 Å². The number of aromatic nitrogens is 4. The molecule has 0 saturated heterocycles. The number of aryl methyl sites for hydroxylation is 1. The van der Waals surface area contributed by atoms with Crippen LogP contribution in [0.15, 0.2) is 36.5 Å². The Kier molecular flexibility index (Phi) is 5.99. The molecule has 1 amide bonds. The van der Waals surface area contributed by atoms with Crippen molar-refractivity contribution in [1.82, 2.24) is 19.6 Å². The molecule has 2 N–H and O–H groups in total. The largest absolute Gasteiger partial charge is 0.480 e. The van der Waals surface area contributed by atoms with E-state index in [0.717, 1.165) is 16.8 Å². The standard InChI is InChI=1S/C19H18F3N5O4/c1-11-17(23-18(30)15-6-7-26(25-15)9-16(28)29)12(2)27(24-11)10-31-14-5-3-4-13(8-14)19(20,21)22/h3-8H,9-10H2,1-2H3,(H,23,30)(H,28,29). The molecule has 3 aromatic rings. The van der Waals surface area contributed by atoms with Crippen molar-refractivity contribution in [2.45, 2.75) is 33.3 Å². The van der Waals surface area contributed by atoms with Crippen molar-refractivity contribution in [1.29, 1.82) is 0 Å². The second kappa shape index (κ2) is 8.50. The molecule has 0 fully saturated rings. The van der Waals surface area contributed by atoms with E-state index in [1.165, 1.54) is 29.1 Å². The number of carboxylic acid groups (broad SMARTS) is 1. The molecule has 1 aromatic carbocycles. The lowest BCUT2D eigenvalue weighted by Crippen LogP contribution is -2.16. The van der Waals surface area contributed by atoms with Gasteiger partial charge in [-0.15, -0.1) is 0 Å². The van der Waals surface area contributed by atoms with Crippen molar-refractivity contribution >= 4 is 17.6 Å². The first-order valence-electron chi connectivity index (χ1n) is 8.95. The van der Waals surface area contributed by atoms with E-state index in [-0.39, 0.29) is 24.7 Å². The van der Waals surface area contributed by atoms with Crippen LogP contribution < -0.4 is 10.1 Å². The Labute approximate surface area is 174 Å². The number of benzene rings is 1. The second-order valence-electron chi connectivity index (χ2n) is 6.59. The highest BCUT2D eigenvalue weighted by atomic mass is 19.4. The van der Waals surface area contributed by atoms with Crippen molar-refractivity contribution in [3.05, 3.63) is 59.2 Å². The molecule has 0 aliphatic carbocycles. The van der Waals surface area contributed by atoms with Crippen LogP contribution in [0.1, 0.15) is 27.4 Å². The smallest absolute Gasteiger partial charge is 0.416 e. The zero-order valence-electron chi connectivity index (χ0n) is 16.5. The summed E-state index contributed by atoms with van der Waals surface area (Å²) < 4.78 is 46.4. The van der Waals surface area contributed by atoms with Crippen molar-refractivity contribution in [2.24, 2.45) is 0 Å². The quantitative estimate of drug-likeness (QED) is 0.588. The van der Waals surface area contributed by atoms with E-state index in [0.29, 0.717) is 17.1 Å². The van der Waals surface area contributed by atoms with Gasteiger partial charge in [0.1, 0.15) is 12.3 Å². The maximum absolute atomic E-state index is 12.8. The molecule has 0 unspecified atom stereocenters. The Morgan fingerprint density at radius 1 is 1.19 bits per heavy atom. The number of nitrogens with zero attached hydrogens (tertiary/aromatic N) is 4. The molecule has 0 spiro atoms. The zero-order valence-corrected chi connectivity index (χ0v) is 16.5. The summed E-state index contributed by atoms with van der Waals surface area (Å²) in [5.41, 5.74) is 0.568. The van der Waals surface area contributed by atoms with E-state index in [1.54, 1.807) is 13.8 Å². The van der Waals surface area contributed by atoms with Crippen LogP contribution in [0.2, 0.25) is 0 Å². The van der Waals surface area contributed by atoms with Gasteiger partial charge in [-0.2, -0.15) is 23.4 Å². The molecular formula is C19H18F3N5O4. The third kappa shape index (κ3) is 5.21. The van der Waals surface area contributed by atoms with Gasteiger partial charge in [-0.3, -0.25) is 14.3 Å². The van der Waals surface area contributed by atoms with Crippen molar-refractivity contribution < 1.29 is 32.6 Å². The molecule has 3 rings (SSSR count). The predicted octanol–water partition coefficient (Wildman–Crippen LogP) is 3.09. The third-order valence-corrected chi connectivity index (χ3v) is 4.31. The summed E-state index contributed by atoms with van der Waals surface area (Å²) in [7, 11) is 0. The van der Waals surface area contributed by atoms with E-state index in [4.69, 9.17) is 9.84 Å². The van der Waals surface area contributed by atoms with Gasteiger partial charge < -0.3 is 15.2 Å². The van der Waals surface area contributed by atoms with Crippen LogP contribution in [0.5, 0.6) is 5.75 Å². The van der Waals surface area contributed by atoms with Gasteiger partial charge >= 0.3 is 12.1 Å². The van der Waals surface area contributed by atoms with Crippen LogP contribution in [0.25, 0.3) is 0 Å². The van der Waals surface area contributed by atoms with Gasteiger partial charge in [-0.05, 0) is 38.1 Å². The highest BCUT2D eigenvalue weighted by Crippen LogP contribution is 2.31. The minimum absolute atomic E-state index is 0.0213. The molecule has 164 valence electrons. The van der Waals surface area contributed by atoms with Crippen molar-refractivity contribution in [3.63, 3.8) is 0 Å². The zero-order chi connectivity index (χ0) is 22.8. The number of hydrogen-bond acceptors (Lipinski definition) is 5. The maximum Gasteiger partial charge on any atom is 0.416 e. The highest BCUT2D eigenvalue weighted by Gasteiger charge is 2.30. The molecular weight excluding hydrogens is 419 g/mol. The molecule has 0 aliphatic rings. The van der Waals surface area contributed by atoms with Crippen LogP contribution in [0.4, 0.5) is 18.9 Å². The number of hydrogen-bond donors (Lipinski definition) is 2. The van der Waals surface area contributed by atoms with E-state index < -0.39 is 23.6 Å². The van der Waals surface area contributed by atoms with Gasteiger partial charge in [-0.1, -0.05) is 6.07 Å². The average molecular weight is 437 g/mol. The number of rotatable bonds is 7. The molecule has 9 nitrogen and oxygen atoms in total. The molecule has 12 heteroatoms. The number of alkyl halides is 3. The van der Waals surface area contributed by atoms with Crippen molar-refractivity contribution in [3.8, 4) is 5.75 Å². The molecule has 0 radical (unpaired) electrons. The van der Waals surface area contributed by atoms with Crippen LogP contribution >= 0.6 is 0 Å². The normalized spacial score (nSPS) is 11.4. The lowest BCUT2D eigenvalue weighted by Gasteiger charge is -2.11. The number of nitrogens with one attached hydrogen (secondary N) is 1. The third-order valence-electron chi connectivity index (χ3n) is 4.31. The minimum Gasteiger partial charge on any atom is -0.480 e. The summed E-state index contributed by atoms with van der Waals surface area (Å²) in [5, 5.41) is 19.6. The fourth-order valence-corrected chi connectivity index (χ4v) is 2.79. The average Bonchev–Trinajstić information content (AvgIpc) is 3.25. The Bertz CT molecular complexity index is 1120. The summed E-state index contributed by atoms with van der Waals surface area (Å²) in [6.07, 6.45) is -3.11. The van der Waals surface area contributed by atoms with Gasteiger partial charge in [0.2, 0.25) is 0 Å². The summed E-state index contributed by atoms with van der Waals surface area (Å²) in [5.74, 6) is -1.63. The predicted molar refractivity (Wildman–Crippen MR) is 102 cm³/mol. The molecule has 0 bridgehead atoms. The SMILES string of the molecule is Cc1nn(COc2cccc(C(F)(F)F)c2)c(C)c1NC(=O)c1ccn(CC(=O)O)n1. The van der Waals surface area contributed by atoms with Crippen LogP contribution in [0.3, 0.4) is 0 Å². The number of aliphatic carboxylic acids is 1. The van der Waals surface area contributed by atoms with Gasteiger partial charge in [0.05, 0.1) is 22.6 Å². The molecule has 0 saturated carbocycles. The first-order chi connectivity index (χ1) is 14.5. The first kappa shape index (κ1) is 21.9. The Hall–Kier alpha value is -3.83. The highest BCUT2D eigenvalue weighted by molar-refractivity contribution is 6.03. The Morgan fingerprint density at radius 3 is 2.61 bits per heavy atom. The van der Waals surface area contributed by atoms with Gasteiger partial charge in [0, 0.05) is 6.20 Å². The van der Waals surface area contributed by atoms with Crippen LogP contribution in [0, 0.1) is 13.8 Å². The van der Waals surface area contributed by atoms with E-state index in [9.17, 15) is 22.8 Å². The number of halogens is 3. The van der Waals surface area contributed by atoms with Gasteiger partial charge in [-0.25, -0.2) is 4.68 Å². The maximum atomic E-state index is 12.8. The number of carboxylic acids is 1. The monoisotopic (exact) mass is 437 g/mol. The fraction of sp³-hybridized carbons (Fsp3) is 0.263. The molecule has 2 heterocycles. The molecule has 0 aliphatic heterocycles. The molecule has 31 heavy (non-hydrogen) atoms.